The first-order chi connectivity index (χ1) is 17.3. The molecule has 1 atom stereocenters. The topological polar surface area (TPSA) is 121 Å². The molecule has 1 aromatic carbocycles. The van der Waals surface area contributed by atoms with Gasteiger partial charge in [-0.3, -0.25) is 0 Å². The monoisotopic (exact) mass is 520 g/mol. The van der Waals surface area contributed by atoms with Crippen LogP contribution in [-0.4, -0.2) is 53.5 Å². The summed E-state index contributed by atoms with van der Waals surface area (Å²) in [6.07, 6.45) is 2.63. The number of hydrogen-bond donors (Lipinski definition) is 4. The number of nitrogen functional groups attached to an aromatic ring is 1. The average molecular weight is 521 g/mol. The SMILES string of the molecule is CCCc1cc(N2CCC(NCC(O)c3ccc(OC(F)F)cc3)CC2)nc2sc(C(=O)O)c(N)c12. The highest BCUT2D eigenvalue weighted by atomic mass is 32.1. The number of piperidine rings is 1. The number of carboxylic acid groups (broad SMARTS) is 1. The van der Waals surface area contributed by atoms with Gasteiger partial charge in [0.2, 0.25) is 0 Å². The lowest BCUT2D eigenvalue weighted by Gasteiger charge is -2.34. The number of aliphatic hydroxyl groups is 1. The van der Waals surface area contributed by atoms with Gasteiger partial charge in [0.05, 0.1) is 11.8 Å². The van der Waals surface area contributed by atoms with Crippen molar-refractivity contribution in [1.29, 1.82) is 0 Å². The summed E-state index contributed by atoms with van der Waals surface area (Å²) in [6.45, 7) is 1.07. The molecule has 1 fully saturated rings. The number of aromatic carboxylic acids is 1. The Kier molecular flexibility index (Phi) is 8.22. The molecule has 36 heavy (non-hydrogen) atoms. The number of ether oxygens (including phenoxy) is 1. The molecule has 0 amide bonds. The molecule has 0 bridgehead atoms. The van der Waals surface area contributed by atoms with Crippen molar-refractivity contribution in [2.24, 2.45) is 0 Å². The number of carbonyl (C=O) groups is 1. The minimum absolute atomic E-state index is 0.0552. The summed E-state index contributed by atoms with van der Waals surface area (Å²) in [7, 11) is 0. The van der Waals surface area contributed by atoms with Crippen molar-refractivity contribution in [2.45, 2.75) is 51.4 Å². The molecular formula is C25H30F2N4O4S. The van der Waals surface area contributed by atoms with Crippen LogP contribution in [0.3, 0.4) is 0 Å². The van der Waals surface area contributed by atoms with Crippen LogP contribution in [0.2, 0.25) is 0 Å². The fourth-order valence-electron chi connectivity index (χ4n) is 4.55. The Morgan fingerprint density at radius 1 is 1.31 bits per heavy atom. The van der Waals surface area contributed by atoms with Gasteiger partial charge in [0.25, 0.3) is 0 Å². The third-order valence-electron chi connectivity index (χ3n) is 6.39. The number of rotatable bonds is 10. The van der Waals surface area contributed by atoms with Crippen molar-refractivity contribution >= 4 is 39.0 Å². The number of aliphatic hydroxyl groups excluding tert-OH is 1. The van der Waals surface area contributed by atoms with E-state index in [0.29, 0.717) is 22.6 Å². The standard InChI is InChI=1S/C25H30F2N4O4S/c1-2-3-15-12-19(30-23-20(15)21(28)22(36-23)24(33)34)31-10-8-16(9-11-31)29-13-18(32)14-4-6-17(7-5-14)35-25(26)27/h4-7,12,16,18,25,29,32H,2-3,8-11,13,28H2,1H3,(H,33,34). The molecule has 5 N–H and O–H groups in total. The number of hydrogen-bond acceptors (Lipinski definition) is 8. The maximum atomic E-state index is 12.3. The van der Waals surface area contributed by atoms with Crippen LogP contribution in [0.25, 0.3) is 10.2 Å². The predicted octanol–water partition coefficient (Wildman–Crippen LogP) is 4.42. The molecule has 3 aromatic rings. The molecule has 8 nitrogen and oxygen atoms in total. The van der Waals surface area contributed by atoms with Crippen LogP contribution < -0.4 is 20.7 Å². The van der Waals surface area contributed by atoms with Gasteiger partial charge in [-0.15, -0.1) is 11.3 Å². The number of alkyl halides is 2. The Bertz CT molecular complexity index is 1200. The molecule has 0 aliphatic carbocycles. The van der Waals surface area contributed by atoms with Crippen LogP contribution in [0.5, 0.6) is 5.75 Å². The van der Waals surface area contributed by atoms with E-state index in [-0.39, 0.29) is 16.7 Å². The summed E-state index contributed by atoms with van der Waals surface area (Å²) >= 11 is 1.12. The number of fused-ring (bicyclic) bond motifs is 1. The van der Waals surface area contributed by atoms with Crippen LogP contribution in [0.4, 0.5) is 20.3 Å². The second-order valence-electron chi connectivity index (χ2n) is 8.85. The Morgan fingerprint density at radius 2 is 2.00 bits per heavy atom. The molecule has 11 heteroatoms. The van der Waals surface area contributed by atoms with Gasteiger partial charge in [-0.05, 0) is 48.6 Å². The number of halogens is 2. The molecule has 194 valence electrons. The first-order valence-electron chi connectivity index (χ1n) is 11.9. The minimum atomic E-state index is -2.88. The molecule has 1 saturated heterocycles. The second-order valence-corrected chi connectivity index (χ2v) is 9.85. The smallest absolute Gasteiger partial charge is 0.387 e. The first kappa shape index (κ1) is 26.1. The molecule has 1 aliphatic heterocycles. The third kappa shape index (κ3) is 5.85. The number of anilines is 2. The fourth-order valence-corrected chi connectivity index (χ4v) is 5.53. The zero-order valence-corrected chi connectivity index (χ0v) is 20.7. The van der Waals surface area contributed by atoms with Crippen LogP contribution in [-0.2, 0) is 6.42 Å². The maximum absolute atomic E-state index is 12.3. The van der Waals surface area contributed by atoms with E-state index < -0.39 is 18.7 Å². The van der Waals surface area contributed by atoms with E-state index in [1.807, 2.05) is 6.07 Å². The normalized spacial score (nSPS) is 15.5. The summed E-state index contributed by atoms with van der Waals surface area (Å²) < 4.78 is 28.9. The molecule has 1 aliphatic rings. The fraction of sp³-hybridized carbons (Fsp3) is 0.440. The Balaban J connectivity index is 1.36. The third-order valence-corrected chi connectivity index (χ3v) is 7.48. The molecule has 3 heterocycles. The lowest BCUT2D eigenvalue weighted by Crippen LogP contribution is -2.44. The van der Waals surface area contributed by atoms with Gasteiger partial charge in [-0.2, -0.15) is 8.78 Å². The van der Waals surface area contributed by atoms with E-state index >= 15 is 0 Å². The van der Waals surface area contributed by atoms with Gasteiger partial charge in [0.1, 0.15) is 21.3 Å². The highest BCUT2D eigenvalue weighted by Crippen LogP contribution is 2.37. The van der Waals surface area contributed by atoms with Crippen molar-refractivity contribution in [3.05, 3.63) is 46.3 Å². The summed E-state index contributed by atoms with van der Waals surface area (Å²) in [5.41, 5.74) is 8.09. The summed E-state index contributed by atoms with van der Waals surface area (Å²) in [4.78, 5) is 19.3. The second kappa shape index (κ2) is 11.4. The first-order valence-corrected chi connectivity index (χ1v) is 12.7. The highest BCUT2D eigenvalue weighted by molar-refractivity contribution is 7.21. The van der Waals surface area contributed by atoms with E-state index in [1.54, 1.807) is 12.1 Å². The van der Waals surface area contributed by atoms with Crippen molar-refractivity contribution in [2.75, 3.05) is 30.3 Å². The van der Waals surface area contributed by atoms with E-state index in [0.717, 1.165) is 66.9 Å². The predicted molar refractivity (Wildman–Crippen MR) is 136 cm³/mol. The molecule has 2 aromatic heterocycles. The summed E-state index contributed by atoms with van der Waals surface area (Å²) in [5, 5.41) is 24.1. The van der Waals surface area contributed by atoms with Gasteiger partial charge < -0.3 is 30.9 Å². The number of nitrogens with two attached hydrogens (primary N) is 1. The van der Waals surface area contributed by atoms with Crippen molar-refractivity contribution in [1.82, 2.24) is 10.3 Å². The van der Waals surface area contributed by atoms with Gasteiger partial charge in [-0.25, -0.2) is 9.78 Å². The van der Waals surface area contributed by atoms with Crippen molar-refractivity contribution in [3.8, 4) is 5.75 Å². The Morgan fingerprint density at radius 3 is 2.61 bits per heavy atom. The van der Waals surface area contributed by atoms with E-state index in [9.17, 15) is 23.8 Å². The number of aromatic nitrogens is 1. The Labute approximate surface area is 211 Å². The van der Waals surface area contributed by atoms with E-state index in [4.69, 9.17) is 10.7 Å². The molecule has 0 spiro atoms. The number of aryl methyl sites for hydroxylation is 1. The number of pyridine rings is 1. The number of nitrogens with one attached hydrogen (secondary N) is 1. The molecule has 0 saturated carbocycles. The van der Waals surface area contributed by atoms with Crippen LogP contribution in [0.15, 0.2) is 30.3 Å². The molecule has 1 unspecified atom stereocenters. The van der Waals surface area contributed by atoms with Gasteiger partial charge in [0.15, 0.2) is 0 Å². The number of nitrogens with zero attached hydrogens (tertiary/aromatic N) is 2. The van der Waals surface area contributed by atoms with Crippen molar-refractivity contribution < 1.29 is 28.5 Å². The lowest BCUT2D eigenvalue weighted by molar-refractivity contribution is -0.0498. The zero-order chi connectivity index (χ0) is 25.8. The zero-order valence-electron chi connectivity index (χ0n) is 19.9. The van der Waals surface area contributed by atoms with Crippen LogP contribution >= 0.6 is 11.3 Å². The van der Waals surface area contributed by atoms with Crippen LogP contribution in [0, 0.1) is 0 Å². The number of thiophene rings is 1. The van der Waals surface area contributed by atoms with E-state index in [2.05, 4.69) is 21.9 Å². The average Bonchev–Trinajstić information content (AvgIpc) is 3.20. The van der Waals surface area contributed by atoms with Crippen LogP contribution in [0.1, 0.15) is 53.1 Å². The van der Waals surface area contributed by atoms with Gasteiger partial charge in [0, 0.05) is 31.1 Å². The number of carboxylic acids is 1. The molecular weight excluding hydrogens is 490 g/mol. The van der Waals surface area contributed by atoms with Gasteiger partial charge >= 0.3 is 12.6 Å². The minimum Gasteiger partial charge on any atom is -0.477 e. The Hall–Kier alpha value is -3.02. The maximum Gasteiger partial charge on any atom is 0.387 e. The van der Waals surface area contributed by atoms with E-state index in [1.165, 1.54) is 12.1 Å². The highest BCUT2D eigenvalue weighted by Gasteiger charge is 2.24. The number of benzene rings is 1. The van der Waals surface area contributed by atoms with Gasteiger partial charge in [-0.1, -0.05) is 25.5 Å². The molecule has 0 radical (unpaired) electrons. The lowest BCUT2D eigenvalue weighted by atomic mass is 10.0. The largest absolute Gasteiger partial charge is 0.477 e. The summed E-state index contributed by atoms with van der Waals surface area (Å²) in [5.74, 6) is -0.153. The molecule has 4 rings (SSSR count). The summed E-state index contributed by atoms with van der Waals surface area (Å²) in [6, 6.07) is 8.23. The van der Waals surface area contributed by atoms with Crippen molar-refractivity contribution in [3.63, 3.8) is 0 Å². The quantitative estimate of drug-likeness (QED) is 0.310.